The summed E-state index contributed by atoms with van der Waals surface area (Å²) in [5.74, 6) is 1.38. The highest BCUT2D eigenvalue weighted by atomic mass is 16.3. The van der Waals surface area contributed by atoms with Crippen LogP contribution in [0.15, 0.2) is 0 Å². The molecule has 2 rings (SSSR count). The monoisotopic (exact) mass is 210 g/mol. The smallest absolute Gasteiger partial charge is 0.177 e. The van der Waals surface area contributed by atoms with Gasteiger partial charge in [0.15, 0.2) is 5.82 Å². The molecule has 1 aromatic heterocycles. The van der Waals surface area contributed by atoms with Crippen LogP contribution in [0.2, 0.25) is 0 Å². The number of rotatable bonds is 2. The predicted molar refractivity (Wildman–Crippen MR) is 55.1 cm³/mol. The van der Waals surface area contributed by atoms with Crippen LogP contribution in [0, 0.1) is 5.92 Å². The van der Waals surface area contributed by atoms with Gasteiger partial charge in [-0.1, -0.05) is 6.92 Å². The summed E-state index contributed by atoms with van der Waals surface area (Å²) in [7, 11) is 1.74. The SMILES string of the molecule is CC1CCC(O)(Cc2nnn(C)n2)CC1. The van der Waals surface area contributed by atoms with Crippen molar-refractivity contribution in [2.45, 2.75) is 44.6 Å². The summed E-state index contributed by atoms with van der Waals surface area (Å²) >= 11 is 0. The van der Waals surface area contributed by atoms with Crippen LogP contribution in [0.25, 0.3) is 0 Å². The molecule has 0 saturated heterocycles. The van der Waals surface area contributed by atoms with E-state index in [4.69, 9.17) is 0 Å². The van der Waals surface area contributed by atoms with E-state index in [1.807, 2.05) is 0 Å². The number of aryl methyl sites for hydroxylation is 1. The summed E-state index contributed by atoms with van der Waals surface area (Å²) < 4.78 is 0. The van der Waals surface area contributed by atoms with Gasteiger partial charge in [0.25, 0.3) is 0 Å². The average molecular weight is 210 g/mol. The number of hydrogen-bond donors (Lipinski definition) is 1. The van der Waals surface area contributed by atoms with E-state index in [9.17, 15) is 5.11 Å². The first-order valence-electron chi connectivity index (χ1n) is 5.53. The summed E-state index contributed by atoms with van der Waals surface area (Å²) in [6.45, 7) is 2.24. The Hall–Kier alpha value is -0.970. The van der Waals surface area contributed by atoms with E-state index in [0.717, 1.165) is 31.6 Å². The minimum Gasteiger partial charge on any atom is -0.389 e. The lowest BCUT2D eigenvalue weighted by molar-refractivity contribution is -0.00832. The van der Waals surface area contributed by atoms with E-state index in [2.05, 4.69) is 22.3 Å². The largest absolute Gasteiger partial charge is 0.389 e. The minimum atomic E-state index is -0.602. The fourth-order valence-corrected chi connectivity index (χ4v) is 2.16. The summed E-state index contributed by atoms with van der Waals surface area (Å²) in [4.78, 5) is 1.43. The van der Waals surface area contributed by atoms with Crippen molar-refractivity contribution in [1.29, 1.82) is 0 Å². The highest BCUT2D eigenvalue weighted by Crippen LogP contribution is 2.33. The van der Waals surface area contributed by atoms with Crippen molar-refractivity contribution in [3.8, 4) is 0 Å². The quantitative estimate of drug-likeness (QED) is 0.780. The van der Waals surface area contributed by atoms with Crippen molar-refractivity contribution in [2.24, 2.45) is 13.0 Å². The molecule has 5 heteroatoms. The summed E-state index contributed by atoms with van der Waals surface area (Å²) in [5, 5.41) is 22.1. The van der Waals surface area contributed by atoms with Gasteiger partial charge in [-0.3, -0.25) is 0 Å². The molecule has 0 aliphatic heterocycles. The Morgan fingerprint density at radius 1 is 1.47 bits per heavy atom. The normalized spacial score (nSPS) is 31.8. The van der Waals surface area contributed by atoms with Crippen molar-refractivity contribution in [3.05, 3.63) is 5.82 Å². The van der Waals surface area contributed by atoms with E-state index in [-0.39, 0.29) is 0 Å². The zero-order valence-corrected chi connectivity index (χ0v) is 9.35. The molecule has 1 N–H and O–H groups in total. The summed E-state index contributed by atoms with van der Waals surface area (Å²) in [6, 6.07) is 0. The van der Waals surface area contributed by atoms with Crippen molar-refractivity contribution >= 4 is 0 Å². The van der Waals surface area contributed by atoms with Crippen LogP contribution in [-0.4, -0.2) is 30.9 Å². The number of aromatic nitrogens is 4. The lowest BCUT2D eigenvalue weighted by Crippen LogP contribution is -2.36. The van der Waals surface area contributed by atoms with Gasteiger partial charge in [-0.25, -0.2) is 0 Å². The second-order valence-corrected chi connectivity index (χ2v) is 4.78. The first-order chi connectivity index (χ1) is 7.07. The third-order valence-electron chi connectivity index (χ3n) is 3.24. The molecule has 1 aliphatic rings. The average Bonchev–Trinajstić information content (AvgIpc) is 2.57. The van der Waals surface area contributed by atoms with Gasteiger partial charge >= 0.3 is 0 Å². The number of hydrogen-bond acceptors (Lipinski definition) is 4. The van der Waals surface area contributed by atoms with Crippen molar-refractivity contribution in [2.75, 3.05) is 0 Å². The van der Waals surface area contributed by atoms with Crippen LogP contribution in [0.3, 0.4) is 0 Å². The summed E-state index contributed by atoms with van der Waals surface area (Å²) in [6.07, 6.45) is 4.43. The molecule has 5 nitrogen and oxygen atoms in total. The van der Waals surface area contributed by atoms with E-state index < -0.39 is 5.60 Å². The van der Waals surface area contributed by atoms with Gasteiger partial charge < -0.3 is 5.11 Å². The lowest BCUT2D eigenvalue weighted by atomic mass is 9.78. The molecule has 0 amide bonds. The van der Waals surface area contributed by atoms with Crippen molar-refractivity contribution in [1.82, 2.24) is 20.2 Å². The lowest BCUT2D eigenvalue weighted by Gasteiger charge is -2.33. The van der Waals surface area contributed by atoms with E-state index in [1.165, 1.54) is 4.80 Å². The molecule has 84 valence electrons. The highest BCUT2D eigenvalue weighted by Gasteiger charge is 2.33. The minimum absolute atomic E-state index is 0.535. The molecule has 0 aromatic carbocycles. The molecular weight excluding hydrogens is 192 g/mol. The Morgan fingerprint density at radius 2 is 2.13 bits per heavy atom. The van der Waals surface area contributed by atoms with Crippen LogP contribution in [0.5, 0.6) is 0 Å². The molecule has 0 atom stereocenters. The molecule has 1 aromatic rings. The maximum atomic E-state index is 10.3. The zero-order valence-electron chi connectivity index (χ0n) is 9.35. The first kappa shape index (κ1) is 10.5. The molecule has 15 heavy (non-hydrogen) atoms. The van der Waals surface area contributed by atoms with Gasteiger partial charge in [0, 0.05) is 6.42 Å². The number of nitrogens with zero attached hydrogens (tertiary/aromatic N) is 4. The Labute approximate surface area is 89.5 Å². The first-order valence-corrected chi connectivity index (χ1v) is 5.53. The van der Waals surface area contributed by atoms with Crippen LogP contribution in [0.4, 0.5) is 0 Å². The van der Waals surface area contributed by atoms with Gasteiger partial charge in [0.1, 0.15) is 0 Å². The van der Waals surface area contributed by atoms with Crippen molar-refractivity contribution in [3.63, 3.8) is 0 Å². The van der Waals surface area contributed by atoms with Crippen LogP contribution >= 0.6 is 0 Å². The molecule has 0 unspecified atom stereocenters. The highest BCUT2D eigenvalue weighted by molar-refractivity contribution is 4.93. The third kappa shape index (κ3) is 2.53. The third-order valence-corrected chi connectivity index (χ3v) is 3.24. The van der Waals surface area contributed by atoms with Crippen LogP contribution in [0.1, 0.15) is 38.4 Å². The number of aliphatic hydroxyl groups is 1. The molecule has 1 fully saturated rings. The Bertz CT molecular complexity index is 328. The molecule has 0 radical (unpaired) electrons. The van der Waals surface area contributed by atoms with E-state index in [1.54, 1.807) is 7.05 Å². The van der Waals surface area contributed by atoms with Gasteiger partial charge in [-0.15, -0.1) is 10.2 Å². The summed E-state index contributed by atoms with van der Waals surface area (Å²) in [5.41, 5.74) is -0.602. The molecule has 1 heterocycles. The van der Waals surface area contributed by atoms with E-state index in [0.29, 0.717) is 12.2 Å². The molecule has 0 bridgehead atoms. The van der Waals surface area contributed by atoms with Gasteiger partial charge in [-0.05, 0) is 36.8 Å². The zero-order chi connectivity index (χ0) is 10.9. The second-order valence-electron chi connectivity index (χ2n) is 4.78. The maximum Gasteiger partial charge on any atom is 0.177 e. The predicted octanol–water partition coefficient (Wildman–Crippen LogP) is 0.694. The van der Waals surface area contributed by atoms with Crippen molar-refractivity contribution < 1.29 is 5.11 Å². The fourth-order valence-electron chi connectivity index (χ4n) is 2.16. The number of tetrazole rings is 1. The van der Waals surface area contributed by atoms with Crippen LogP contribution in [-0.2, 0) is 13.5 Å². The second kappa shape index (κ2) is 3.89. The fraction of sp³-hybridized carbons (Fsp3) is 0.900. The van der Waals surface area contributed by atoms with Crippen LogP contribution < -0.4 is 0 Å². The Balaban J connectivity index is 1.99. The van der Waals surface area contributed by atoms with E-state index >= 15 is 0 Å². The Kier molecular flexibility index (Phi) is 2.73. The molecule has 1 saturated carbocycles. The topological polar surface area (TPSA) is 63.8 Å². The van der Waals surface area contributed by atoms with Gasteiger partial charge in [0.2, 0.25) is 0 Å². The molecule has 1 aliphatic carbocycles. The van der Waals surface area contributed by atoms with Gasteiger partial charge in [-0.2, -0.15) is 4.80 Å². The van der Waals surface area contributed by atoms with Gasteiger partial charge in [0.05, 0.1) is 12.6 Å². The maximum absolute atomic E-state index is 10.3. The Morgan fingerprint density at radius 3 is 2.67 bits per heavy atom. The standard InChI is InChI=1S/C10H18N4O/c1-8-3-5-10(15,6-4-8)7-9-11-13-14(2)12-9/h8,15H,3-7H2,1-2H3. The molecular formula is C10H18N4O. The molecule has 0 spiro atoms.